The summed E-state index contributed by atoms with van der Waals surface area (Å²) in [5, 5.41) is 9.24. The molecule has 2 aromatic carbocycles. The molecule has 1 heterocycles. The minimum atomic E-state index is -0.201. The van der Waals surface area contributed by atoms with Crippen molar-refractivity contribution in [1.29, 1.82) is 0 Å². The smallest absolute Gasteiger partial charge is 0.224 e. The SMILES string of the molecule is CN=C(NCCOc1ccc2c(c1)CCC(=O)N2)NCc1ccc(F)c(C)c1.I. The van der Waals surface area contributed by atoms with Crippen LogP contribution in [0.3, 0.4) is 0 Å². The molecule has 0 aromatic heterocycles. The van der Waals surface area contributed by atoms with Crippen molar-refractivity contribution in [2.24, 2.45) is 4.99 Å². The summed E-state index contributed by atoms with van der Waals surface area (Å²) < 4.78 is 19.1. The Hall–Kier alpha value is -2.36. The second-order valence-corrected chi connectivity index (χ2v) is 6.65. The summed E-state index contributed by atoms with van der Waals surface area (Å²) in [4.78, 5) is 15.6. The van der Waals surface area contributed by atoms with Gasteiger partial charge >= 0.3 is 0 Å². The van der Waals surface area contributed by atoms with Crippen LogP contribution in [0.1, 0.15) is 23.1 Å². The second-order valence-electron chi connectivity index (χ2n) is 6.65. The third-order valence-corrected chi connectivity index (χ3v) is 4.54. The van der Waals surface area contributed by atoms with Gasteiger partial charge in [-0.3, -0.25) is 9.79 Å². The standard InChI is InChI=1S/C21H25FN4O2.HI/c1-14-11-15(3-6-18(14)22)13-25-21(23-2)24-9-10-28-17-5-7-19-16(12-17)4-8-20(27)26-19;/h3,5-7,11-12H,4,8-10,13H2,1-2H3,(H,26,27)(H2,23,24,25);1H. The zero-order valence-corrected chi connectivity index (χ0v) is 18.9. The molecule has 3 rings (SSSR count). The van der Waals surface area contributed by atoms with Crippen molar-refractivity contribution in [2.45, 2.75) is 26.3 Å². The number of rotatable bonds is 6. The lowest BCUT2D eigenvalue weighted by Gasteiger charge is -2.18. The number of hydrogen-bond donors (Lipinski definition) is 3. The Morgan fingerprint density at radius 2 is 2.03 bits per heavy atom. The molecule has 1 aliphatic rings. The summed E-state index contributed by atoms with van der Waals surface area (Å²) in [6.45, 7) is 3.35. The topological polar surface area (TPSA) is 74.8 Å². The first-order valence-corrected chi connectivity index (χ1v) is 9.30. The van der Waals surface area contributed by atoms with Gasteiger partial charge in [-0.1, -0.05) is 12.1 Å². The average molecular weight is 512 g/mol. The highest BCUT2D eigenvalue weighted by Gasteiger charge is 2.14. The molecule has 1 amide bonds. The number of carbonyl (C=O) groups excluding carboxylic acids is 1. The Morgan fingerprint density at radius 1 is 1.21 bits per heavy atom. The summed E-state index contributed by atoms with van der Waals surface area (Å²) in [5.41, 5.74) is 3.57. The molecule has 0 bridgehead atoms. The number of anilines is 1. The quantitative estimate of drug-likeness (QED) is 0.240. The lowest BCUT2D eigenvalue weighted by molar-refractivity contribution is -0.116. The highest BCUT2D eigenvalue weighted by Crippen LogP contribution is 2.26. The highest BCUT2D eigenvalue weighted by atomic mass is 127. The highest BCUT2D eigenvalue weighted by molar-refractivity contribution is 14.0. The predicted octanol–water partition coefficient (Wildman–Crippen LogP) is 3.38. The van der Waals surface area contributed by atoms with Gasteiger partial charge in [0.1, 0.15) is 18.2 Å². The van der Waals surface area contributed by atoms with Crippen molar-refractivity contribution in [3.05, 3.63) is 58.9 Å². The first-order valence-electron chi connectivity index (χ1n) is 9.30. The Morgan fingerprint density at radius 3 is 2.79 bits per heavy atom. The summed E-state index contributed by atoms with van der Waals surface area (Å²) in [6, 6.07) is 10.7. The molecule has 1 aliphatic heterocycles. The molecule has 156 valence electrons. The number of ether oxygens (including phenoxy) is 1. The van der Waals surface area contributed by atoms with Crippen molar-refractivity contribution >= 4 is 41.5 Å². The molecule has 8 heteroatoms. The Kier molecular flexibility index (Phi) is 8.69. The lowest BCUT2D eigenvalue weighted by Crippen LogP contribution is -2.38. The van der Waals surface area contributed by atoms with Gasteiger partial charge in [-0.25, -0.2) is 4.39 Å². The maximum Gasteiger partial charge on any atom is 0.224 e. The van der Waals surface area contributed by atoms with E-state index < -0.39 is 0 Å². The van der Waals surface area contributed by atoms with Gasteiger partial charge in [0.25, 0.3) is 0 Å². The number of amides is 1. The number of carbonyl (C=O) groups is 1. The number of aliphatic imine (C=N–C) groups is 1. The van der Waals surface area contributed by atoms with Crippen molar-refractivity contribution < 1.29 is 13.9 Å². The molecule has 0 unspecified atom stereocenters. The van der Waals surface area contributed by atoms with Gasteiger partial charge in [-0.05, 0) is 54.3 Å². The molecule has 0 aliphatic carbocycles. The molecule has 0 saturated heterocycles. The molecular weight excluding hydrogens is 486 g/mol. The Bertz CT molecular complexity index is 889. The first kappa shape index (κ1) is 22.9. The van der Waals surface area contributed by atoms with Crippen molar-refractivity contribution in [3.63, 3.8) is 0 Å². The van der Waals surface area contributed by atoms with Crippen LogP contribution in [-0.4, -0.2) is 32.1 Å². The fourth-order valence-electron chi connectivity index (χ4n) is 3.01. The van der Waals surface area contributed by atoms with Gasteiger partial charge in [0.15, 0.2) is 5.96 Å². The number of guanidine groups is 1. The van der Waals surface area contributed by atoms with Crippen LogP contribution in [-0.2, 0) is 17.8 Å². The summed E-state index contributed by atoms with van der Waals surface area (Å²) >= 11 is 0. The normalized spacial score (nSPS) is 13.1. The van der Waals surface area contributed by atoms with Gasteiger partial charge in [0, 0.05) is 25.7 Å². The van der Waals surface area contributed by atoms with Gasteiger partial charge in [-0.2, -0.15) is 0 Å². The maximum absolute atomic E-state index is 13.3. The van der Waals surface area contributed by atoms with E-state index in [1.165, 1.54) is 6.07 Å². The van der Waals surface area contributed by atoms with E-state index >= 15 is 0 Å². The second kappa shape index (κ2) is 11.0. The van der Waals surface area contributed by atoms with E-state index in [1.807, 2.05) is 24.3 Å². The van der Waals surface area contributed by atoms with E-state index in [2.05, 4.69) is 20.9 Å². The minimum absolute atomic E-state index is 0. The van der Waals surface area contributed by atoms with Crippen LogP contribution in [0, 0.1) is 12.7 Å². The van der Waals surface area contributed by atoms with Gasteiger partial charge in [0.2, 0.25) is 5.91 Å². The van der Waals surface area contributed by atoms with E-state index in [0.29, 0.717) is 37.6 Å². The van der Waals surface area contributed by atoms with E-state index in [1.54, 1.807) is 20.0 Å². The van der Waals surface area contributed by atoms with Gasteiger partial charge in [-0.15, -0.1) is 24.0 Å². The lowest BCUT2D eigenvalue weighted by atomic mass is 10.0. The summed E-state index contributed by atoms with van der Waals surface area (Å²) in [7, 11) is 1.70. The molecule has 29 heavy (non-hydrogen) atoms. The van der Waals surface area contributed by atoms with Crippen LogP contribution in [0.5, 0.6) is 5.75 Å². The number of nitrogens with zero attached hydrogens (tertiary/aromatic N) is 1. The fourth-order valence-corrected chi connectivity index (χ4v) is 3.01. The van der Waals surface area contributed by atoms with E-state index in [-0.39, 0.29) is 35.7 Å². The van der Waals surface area contributed by atoms with Crippen molar-refractivity contribution in [1.82, 2.24) is 10.6 Å². The molecule has 2 aromatic rings. The van der Waals surface area contributed by atoms with Crippen molar-refractivity contribution in [3.8, 4) is 5.75 Å². The number of nitrogens with one attached hydrogen (secondary N) is 3. The molecule has 6 nitrogen and oxygen atoms in total. The zero-order chi connectivity index (χ0) is 19.9. The number of hydrogen-bond acceptors (Lipinski definition) is 3. The third-order valence-electron chi connectivity index (χ3n) is 4.54. The van der Waals surface area contributed by atoms with Crippen LogP contribution >= 0.6 is 24.0 Å². The van der Waals surface area contributed by atoms with Crippen LogP contribution in [0.4, 0.5) is 10.1 Å². The van der Waals surface area contributed by atoms with E-state index in [9.17, 15) is 9.18 Å². The number of aryl methyl sites for hydroxylation is 2. The average Bonchev–Trinajstić information content (AvgIpc) is 2.70. The largest absolute Gasteiger partial charge is 0.492 e. The van der Waals surface area contributed by atoms with Gasteiger partial charge < -0.3 is 20.7 Å². The summed E-state index contributed by atoms with van der Waals surface area (Å²) in [6.07, 6.45) is 1.24. The zero-order valence-electron chi connectivity index (χ0n) is 16.5. The Balaban J connectivity index is 0.00000300. The third kappa shape index (κ3) is 6.59. The van der Waals surface area contributed by atoms with Crippen LogP contribution in [0.2, 0.25) is 0 Å². The van der Waals surface area contributed by atoms with Crippen LogP contribution in [0.25, 0.3) is 0 Å². The van der Waals surface area contributed by atoms with Crippen LogP contribution < -0.4 is 20.7 Å². The monoisotopic (exact) mass is 512 g/mol. The molecule has 0 atom stereocenters. The summed E-state index contributed by atoms with van der Waals surface area (Å²) in [5.74, 6) is 1.29. The fraction of sp³-hybridized carbons (Fsp3) is 0.333. The predicted molar refractivity (Wildman–Crippen MR) is 124 cm³/mol. The number of halogens is 2. The Labute approximate surface area is 187 Å². The van der Waals surface area contributed by atoms with E-state index in [4.69, 9.17) is 4.74 Å². The minimum Gasteiger partial charge on any atom is -0.492 e. The van der Waals surface area contributed by atoms with E-state index in [0.717, 1.165) is 29.0 Å². The molecular formula is C21H26FIN4O2. The van der Waals surface area contributed by atoms with Gasteiger partial charge in [0.05, 0.1) is 6.54 Å². The number of fused-ring (bicyclic) bond motifs is 1. The number of benzene rings is 2. The molecule has 0 fully saturated rings. The molecule has 0 saturated carbocycles. The molecule has 3 N–H and O–H groups in total. The van der Waals surface area contributed by atoms with Crippen LogP contribution in [0.15, 0.2) is 41.4 Å². The first-order chi connectivity index (χ1) is 13.5. The maximum atomic E-state index is 13.3. The molecule has 0 radical (unpaired) electrons. The van der Waals surface area contributed by atoms with Crippen molar-refractivity contribution in [2.75, 3.05) is 25.5 Å². The molecule has 0 spiro atoms.